The van der Waals surface area contributed by atoms with Crippen molar-refractivity contribution in [1.82, 2.24) is 4.90 Å². The molecule has 2 unspecified atom stereocenters. The summed E-state index contributed by atoms with van der Waals surface area (Å²) >= 11 is 0. The van der Waals surface area contributed by atoms with Gasteiger partial charge in [-0.05, 0) is 38.4 Å². The van der Waals surface area contributed by atoms with Gasteiger partial charge in [-0.1, -0.05) is 25.1 Å². The molecule has 2 rings (SSSR count). The molecule has 0 amide bonds. The van der Waals surface area contributed by atoms with Crippen molar-refractivity contribution in [2.45, 2.75) is 45.9 Å². The Morgan fingerprint density at radius 2 is 1.86 bits per heavy atom. The van der Waals surface area contributed by atoms with Crippen LogP contribution in [0.1, 0.15) is 32.8 Å². The molecule has 1 saturated heterocycles. The Hall–Kier alpha value is -1.10. The smallest absolute Gasteiger partial charge is 0.0726 e. The highest BCUT2D eigenvalue weighted by atomic mass is 16.5. The Morgan fingerprint density at radius 1 is 1.18 bits per heavy atom. The van der Waals surface area contributed by atoms with Crippen LogP contribution in [0.15, 0.2) is 24.3 Å². The van der Waals surface area contributed by atoms with E-state index >= 15 is 0 Å². The molecule has 1 aromatic carbocycles. The van der Waals surface area contributed by atoms with Gasteiger partial charge in [-0.3, -0.25) is 4.90 Å². The van der Waals surface area contributed by atoms with Crippen LogP contribution in [0.3, 0.4) is 0 Å². The van der Waals surface area contributed by atoms with E-state index in [0.717, 1.165) is 39.1 Å². The second-order valence-corrected chi connectivity index (χ2v) is 6.29. The molecule has 0 spiro atoms. The van der Waals surface area contributed by atoms with Crippen molar-refractivity contribution in [2.75, 3.05) is 37.7 Å². The largest absolute Gasteiger partial charge is 0.395 e. The van der Waals surface area contributed by atoms with Crippen LogP contribution >= 0.6 is 0 Å². The van der Waals surface area contributed by atoms with Gasteiger partial charge in [0, 0.05) is 31.9 Å². The average molecular weight is 306 g/mol. The second-order valence-electron chi connectivity index (χ2n) is 6.29. The molecule has 0 aliphatic carbocycles. The predicted octanol–water partition coefficient (Wildman–Crippen LogP) is 2.50. The summed E-state index contributed by atoms with van der Waals surface area (Å²) in [7, 11) is 0. The fourth-order valence-corrected chi connectivity index (χ4v) is 3.30. The van der Waals surface area contributed by atoms with Crippen LogP contribution in [0, 0.1) is 0 Å². The van der Waals surface area contributed by atoms with Gasteiger partial charge in [0.1, 0.15) is 0 Å². The maximum Gasteiger partial charge on any atom is 0.0726 e. The van der Waals surface area contributed by atoms with E-state index in [-0.39, 0.29) is 18.8 Å². The van der Waals surface area contributed by atoms with Gasteiger partial charge in [0.2, 0.25) is 0 Å². The van der Waals surface area contributed by atoms with Crippen LogP contribution in [-0.2, 0) is 11.3 Å². The summed E-state index contributed by atoms with van der Waals surface area (Å²) in [6, 6.07) is 8.64. The average Bonchev–Trinajstić information content (AvgIpc) is 2.47. The predicted molar refractivity (Wildman–Crippen MR) is 91.3 cm³/mol. The van der Waals surface area contributed by atoms with E-state index in [9.17, 15) is 5.11 Å². The molecule has 1 aliphatic heterocycles. The van der Waals surface area contributed by atoms with E-state index in [1.807, 2.05) is 0 Å². The van der Waals surface area contributed by atoms with E-state index in [1.54, 1.807) is 0 Å². The summed E-state index contributed by atoms with van der Waals surface area (Å²) in [6.45, 7) is 11.2. The monoisotopic (exact) mass is 306 g/mol. The summed E-state index contributed by atoms with van der Waals surface area (Å²) in [5.41, 5.74) is 2.65. The molecule has 0 saturated carbocycles. The van der Waals surface area contributed by atoms with Crippen molar-refractivity contribution in [2.24, 2.45) is 0 Å². The van der Waals surface area contributed by atoms with Crippen molar-refractivity contribution in [1.29, 1.82) is 0 Å². The molecule has 0 bridgehead atoms. The molecule has 124 valence electrons. The molecule has 22 heavy (non-hydrogen) atoms. The molecule has 1 aliphatic rings. The fraction of sp³-hybridized carbons (Fsp3) is 0.667. The first-order valence-corrected chi connectivity index (χ1v) is 8.45. The number of rotatable bonds is 7. The molecule has 1 aromatic rings. The molecule has 1 heterocycles. The van der Waals surface area contributed by atoms with Crippen LogP contribution < -0.4 is 4.90 Å². The maximum atomic E-state index is 9.26. The molecule has 4 nitrogen and oxygen atoms in total. The van der Waals surface area contributed by atoms with Gasteiger partial charge >= 0.3 is 0 Å². The van der Waals surface area contributed by atoms with Gasteiger partial charge in [0.15, 0.2) is 0 Å². The highest BCUT2D eigenvalue weighted by molar-refractivity contribution is 5.54. The van der Waals surface area contributed by atoms with Crippen LogP contribution in [-0.4, -0.2) is 55.0 Å². The van der Waals surface area contributed by atoms with Crippen molar-refractivity contribution >= 4 is 5.69 Å². The van der Waals surface area contributed by atoms with Crippen LogP contribution in [0.2, 0.25) is 0 Å². The number of ether oxygens (including phenoxy) is 1. The number of hydrogen-bond acceptors (Lipinski definition) is 4. The van der Waals surface area contributed by atoms with Gasteiger partial charge in [-0.25, -0.2) is 0 Å². The minimum Gasteiger partial charge on any atom is -0.395 e. The van der Waals surface area contributed by atoms with E-state index in [4.69, 9.17) is 4.74 Å². The minimum absolute atomic E-state index is 0.216. The molecule has 0 aromatic heterocycles. The zero-order valence-electron chi connectivity index (χ0n) is 14.2. The van der Waals surface area contributed by atoms with E-state index < -0.39 is 0 Å². The van der Waals surface area contributed by atoms with Crippen LogP contribution in [0.25, 0.3) is 0 Å². The Labute approximate surface area is 134 Å². The summed E-state index contributed by atoms with van der Waals surface area (Å²) in [5, 5.41) is 9.26. The van der Waals surface area contributed by atoms with E-state index in [0.29, 0.717) is 0 Å². The SMILES string of the molecule is CCCN(CCO)Cc1ccccc1N1CC(C)OC(C)C1. The zero-order chi connectivity index (χ0) is 15.9. The van der Waals surface area contributed by atoms with Gasteiger partial charge in [-0.2, -0.15) is 0 Å². The molecular formula is C18H30N2O2. The number of aliphatic hydroxyl groups is 1. The summed E-state index contributed by atoms with van der Waals surface area (Å²) in [5.74, 6) is 0. The number of para-hydroxylation sites is 1. The minimum atomic E-state index is 0.216. The highest BCUT2D eigenvalue weighted by Crippen LogP contribution is 2.25. The van der Waals surface area contributed by atoms with Gasteiger partial charge in [0.05, 0.1) is 18.8 Å². The lowest BCUT2D eigenvalue weighted by atomic mass is 10.1. The van der Waals surface area contributed by atoms with Crippen molar-refractivity contribution in [3.8, 4) is 0 Å². The molecule has 1 N–H and O–H groups in total. The molecule has 4 heteroatoms. The van der Waals surface area contributed by atoms with Gasteiger partial charge < -0.3 is 14.7 Å². The first kappa shape index (κ1) is 17.3. The van der Waals surface area contributed by atoms with Gasteiger partial charge in [0.25, 0.3) is 0 Å². The fourth-order valence-electron chi connectivity index (χ4n) is 3.30. The Balaban J connectivity index is 2.15. The molecule has 1 fully saturated rings. The first-order valence-electron chi connectivity index (χ1n) is 8.45. The van der Waals surface area contributed by atoms with Crippen LogP contribution in [0.5, 0.6) is 0 Å². The summed E-state index contributed by atoms with van der Waals surface area (Å²) < 4.78 is 5.85. The topological polar surface area (TPSA) is 35.9 Å². The van der Waals surface area contributed by atoms with Crippen molar-refractivity contribution in [3.63, 3.8) is 0 Å². The lowest BCUT2D eigenvalue weighted by Gasteiger charge is -2.38. The molecular weight excluding hydrogens is 276 g/mol. The standard InChI is InChI=1S/C18H30N2O2/c1-4-9-19(10-11-21)14-17-7-5-6-8-18(17)20-12-15(2)22-16(3)13-20/h5-8,15-16,21H,4,9-14H2,1-3H3. The lowest BCUT2D eigenvalue weighted by molar-refractivity contribution is -0.00529. The molecule has 2 atom stereocenters. The highest BCUT2D eigenvalue weighted by Gasteiger charge is 2.24. The Morgan fingerprint density at radius 3 is 2.50 bits per heavy atom. The normalized spacial score (nSPS) is 22.3. The second kappa shape index (κ2) is 8.51. The number of hydrogen-bond donors (Lipinski definition) is 1. The number of aliphatic hydroxyl groups excluding tert-OH is 1. The Kier molecular flexibility index (Phi) is 6.68. The number of morpholine rings is 1. The van der Waals surface area contributed by atoms with E-state index in [1.165, 1.54) is 11.3 Å². The third-order valence-electron chi connectivity index (χ3n) is 4.10. The molecule has 0 radical (unpaired) electrons. The lowest BCUT2D eigenvalue weighted by Crippen LogP contribution is -2.46. The Bertz CT molecular complexity index is 436. The quantitative estimate of drug-likeness (QED) is 0.840. The van der Waals surface area contributed by atoms with Crippen LogP contribution in [0.4, 0.5) is 5.69 Å². The number of anilines is 1. The van der Waals surface area contributed by atoms with E-state index in [2.05, 4.69) is 54.8 Å². The first-order chi connectivity index (χ1) is 10.6. The summed E-state index contributed by atoms with van der Waals surface area (Å²) in [6.07, 6.45) is 1.63. The maximum absolute atomic E-state index is 9.26. The van der Waals surface area contributed by atoms with Crippen molar-refractivity contribution in [3.05, 3.63) is 29.8 Å². The number of benzene rings is 1. The summed E-state index contributed by atoms with van der Waals surface area (Å²) in [4.78, 5) is 4.77. The number of nitrogens with zero attached hydrogens (tertiary/aromatic N) is 2. The zero-order valence-corrected chi connectivity index (χ0v) is 14.2. The third kappa shape index (κ3) is 4.70. The third-order valence-corrected chi connectivity index (χ3v) is 4.10. The van der Waals surface area contributed by atoms with Crippen molar-refractivity contribution < 1.29 is 9.84 Å². The van der Waals surface area contributed by atoms with Gasteiger partial charge in [-0.15, -0.1) is 0 Å².